The van der Waals surface area contributed by atoms with Crippen molar-refractivity contribution < 1.29 is 19.0 Å². The topological polar surface area (TPSA) is 44.8 Å². The second-order valence-corrected chi connectivity index (χ2v) is 2.83. The van der Waals surface area contributed by atoms with E-state index < -0.39 is 0 Å². The van der Waals surface area contributed by atoms with Gasteiger partial charge in [0, 0.05) is 0 Å². The van der Waals surface area contributed by atoms with Crippen molar-refractivity contribution in [2.45, 2.75) is 0 Å². The molecule has 84 valence electrons. The second kappa shape index (κ2) is 5.66. The van der Waals surface area contributed by atoms with Gasteiger partial charge in [-0.1, -0.05) is 5.92 Å². The third-order valence-electron chi connectivity index (χ3n) is 1.96. The van der Waals surface area contributed by atoms with Crippen LogP contribution in [0.15, 0.2) is 12.1 Å². The Hall–Kier alpha value is -2.15. The molecule has 0 bridgehead atoms. The first-order chi connectivity index (χ1) is 7.78. The SMILES string of the molecule is C#CCOc1c(C=O)ccc(OC)c1OC. The summed E-state index contributed by atoms with van der Waals surface area (Å²) in [6, 6.07) is 3.21. The van der Waals surface area contributed by atoms with Crippen LogP contribution in [-0.4, -0.2) is 27.1 Å². The highest BCUT2D eigenvalue weighted by molar-refractivity contribution is 5.82. The molecule has 0 saturated carbocycles. The molecule has 4 heteroatoms. The molecule has 0 amide bonds. The maximum absolute atomic E-state index is 10.8. The predicted octanol–water partition coefficient (Wildman–Crippen LogP) is 1.53. The number of terminal acetylenes is 1. The van der Waals surface area contributed by atoms with Crippen molar-refractivity contribution in [2.75, 3.05) is 20.8 Å². The van der Waals surface area contributed by atoms with Crippen LogP contribution in [0.3, 0.4) is 0 Å². The van der Waals surface area contributed by atoms with Crippen LogP contribution in [0.25, 0.3) is 0 Å². The Labute approximate surface area is 94.1 Å². The summed E-state index contributed by atoms with van der Waals surface area (Å²) in [4.78, 5) is 10.8. The lowest BCUT2D eigenvalue weighted by molar-refractivity contribution is 0.111. The largest absolute Gasteiger partial charge is 0.493 e. The zero-order chi connectivity index (χ0) is 12.0. The fourth-order valence-corrected chi connectivity index (χ4v) is 1.27. The maximum atomic E-state index is 10.8. The molecule has 1 rings (SSSR count). The zero-order valence-corrected chi connectivity index (χ0v) is 9.15. The van der Waals surface area contributed by atoms with E-state index in [2.05, 4.69) is 5.92 Å². The van der Waals surface area contributed by atoms with Crippen LogP contribution >= 0.6 is 0 Å². The van der Waals surface area contributed by atoms with Gasteiger partial charge in [0.25, 0.3) is 0 Å². The van der Waals surface area contributed by atoms with Crippen molar-refractivity contribution in [3.8, 4) is 29.6 Å². The summed E-state index contributed by atoms with van der Waals surface area (Å²) in [5.41, 5.74) is 0.368. The highest BCUT2D eigenvalue weighted by Gasteiger charge is 2.15. The first kappa shape index (κ1) is 11.9. The number of benzene rings is 1. The molecule has 0 saturated heterocycles. The normalized spacial score (nSPS) is 9.06. The molecule has 1 aromatic rings. The minimum Gasteiger partial charge on any atom is -0.493 e. The van der Waals surface area contributed by atoms with Crippen molar-refractivity contribution in [3.05, 3.63) is 17.7 Å². The van der Waals surface area contributed by atoms with E-state index in [0.717, 1.165) is 0 Å². The van der Waals surface area contributed by atoms with E-state index in [1.54, 1.807) is 12.1 Å². The van der Waals surface area contributed by atoms with Gasteiger partial charge in [-0.2, -0.15) is 0 Å². The molecular formula is C12H12O4. The molecule has 0 radical (unpaired) electrons. The van der Waals surface area contributed by atoms with Crippen LogP contribution in [0.1, 0.15) is 10.4 Å². The first-order valence-electron chi connectivity index (χ1n) is 4.54. The van der Waals surface area contributed by atoms with E-state index in [9.17, 15) is 4.79 Å². The average Bonchev–Trinajstić information content (AvgIpc) is 2.34. The minimum atomic E-state index is 0.0599. The summed E-state index contributed by atoms with van der Waals surface area (Å²) in [7, 11) is 2.97. The van der Waals surface area contributed by atoms with Crippen LogP contribution in [0, 0.1) is 12.3 Å². The molecule has 0 aliphatic rings. The van der Waals surface area contributed by atoms with Gasteiger partial charge in [0.15, 0.2) is 17.8 Å². The average molecular weight is 220 g/mol. The molecule has 0 aliphatic carbocycles. The predicted molar refractivity (Wildman–Crippen MR) is 59.3 cm³/mol. The summed E-state index contributed by atoms with van der Waals surface area (Å²) in [6.07, 6.45) is 5.77. The van der Waals surface area contributed by atoms with Gasteiger partial charge in [0.1, 0.15) is 6.61 Å². The van der Waals surface area contributed by atoms with Gasteiger partial charge >= 0.3 is 0 Å². The van der Waals surface area contributed by atoms with E-state index in [1.165, 1.54) is 14.2 Å². The number of carbonyl (C=O) groups excluding carboxylic acids is 1. The van der Waals surface area contributed by atoms with Gasteiger partial charge in [0.05, 0.1) is 19.8 Å². The number of ether oxygens (including phenoxy) is 3. The van der Waals surface area contributed by atoms with E-state index >= 15 is 0 Å². The third kappa shape index (κ3) is 2.26. The van der Waals surface area contributed by atoms with Crippen molar-refractivity contribution in [1.29, 1.82) is 0 Å². The van der Waals surface area contributed by atoms with Crippen molar-refractivity contribution in [2.24, 2.45) is 0 Å². The van der Waals surface area contributed by atoms with Crippen molar-refractivity contribution in [1.82, 2.24) is 0 Å². The summed E-state index contributed by atoms with van der Waals surface area (Å²) in [6.45, 7) is 0.0599. The number of hydrogen-bond acceptors (Lipinski definition) is 4. The van der Waals surface area contributed by atoms with Gasteiger partial charge in [-0.25, -0.2) is 0 Å². The molecule has 1 aromatic carbocycles. The minimum absolute atomic E-state index is 0.0599. The van der Waals surface area contributed by atoms with Gasteiger partial charge in [-0.3, -0.25) is 4.79 Å². The maximum Gasteiger partial charge on any atom is 0.204 e. The Kier molecular flexibility index (Phi) is 4.22. The fraction of sp³-hybridized carbons (Fsp3) is 0.250. The number of methoxy groups -OCH3 is 2. The Morgan fingerprint density at radius 2 is 2.06 bits per heavy atom. The molecule has 4 nitrogen and oxygen atoms in total. The molecule has 0 N–H and O–H groups in total. The van der Waals surface area contributed by atoms with Crippen molar-refractivity contribution >= 4 is 6.29 Å². The molecular weight excluding hydrogens is 208 g/mol. The Balaban J connectivity index is 3.25. The summed E-state index contributed by atoms with van der Waals surface area (Å²) in [5, 5.41) is 0. The number of aldehydes is 1. The zero-order valence-electron chi connectivity index (χ0n) is 9.15. The van der Waals surface area contributed by atoms with E-state index in [0.29, 0.717) is 29.1 Å². The first-order valence-corrected chi connectivity index (χ1v) is 4.54. The van der Waals surface area contributed by atoms with Crippen LogP contribution in [0.5, 0.6) is 17.2 Å². The Bertz CT molecular complexity index is 418. The quantitative estimate of drug-likeness (QED) is 0.557. The Morgan fingerprint density at radius 3 is 2.56 bits per heavy atom. The van der Waals surface area contributed by atoms with Gasteiger partial charge in [-0.15, -0.1) is 6.42 Å². The molecule has 0 aliphatic heterocycles. The van der Waals surface area contributed by atoms with E-state index in [1.807, 2.05) is 0 Å². The smallest absolute Gasteiger partial charge is 0.204 e. The monoisotopic (exact) mass is 220 g/mol. The Morgan fingerprint density at radius 1 is 1.31 bits per heavy atom. The molecule has 0 atom stereocenters. The third-order valence-corrected chi connectivity index (χ3v) is 1.96. The van der Waals surface area contributed by atoms with E-state index in [4.69, 9.17) is 20.6 Å². The molecule has 0 unspecified atom stereocenters. The molecule has 0 spiro atoms. The summed E-state index contributed by atoms with van der Waals surface area (Å²) >= 11 is 0. The molecule has 0 aromatic heterocycles. The lowest BCUT2D eigenvalue weighted by Crippen LogP contribution is -2.02. The fourth-order valence-electron chi connectivity index (χ4n) is 1.27. The van der Waals surface area contributed by atoms with Gasteiger partial charge in [-0.05, 0) is 12.1 Å². The number of carbonyl (C=O) groups is 1. The highest BCUT2D eigenvalue weighted by atomic mass is 16.5. The van der Waals surface area contributed by atoms with E-state index in [-0.39, 0.29) is 6.61 Å². The lowest BCUT2D eigenvalue weighted by Gasteiger charge is -2.13. The summed E-state index contributed by atoms with van der Waals surface area (Å²) < 4.78 is 15.5. The lowest BCUT2D eigenvalue weighted by atomic mass is 10.2. The molecule has 0 fully saturated rings. The number of rotatable bonds is 5. The standard InChI is InChI=1S/C12H12O4/c1-4-7-16-11-9(8-13)5-6-10(14-2)12(11)15-3/h1,5-6,8H,7H2,2-3H3. The summed E-state index contributed by atoms with van der Waals surface area (Å²) in [5.74, 6) is 3.47. The number of hydrogen-bond donors (Lipinski definition) is 0. The highest BCUT2D eigenvalue weighted by Crippen LogP contribution is 2.39. The van der Waals surface area contributed by atoms with Crippen molar-refractivity contribution in [3.63, 3.8) is 0 Å². The van der Waals surface area contributed by atoms with Crippen LogP contribution in [-0.2, 0) is 0 Å². The van der Waals surface area contributed by atoms with Crippen LogP contribution in [0.2, 0.25) is 0 Å². The van der Waals surface area contributed by atoms with Crippen LogP contribution < -0.4 is 14.2 Å². The van der Waals surface area contributed by atoms with Gasteiger partial charge in [0.2, 0.25) is 5.75 Å². The molecule has 16 heavy (non-hydrogen) atoms. The van der Waals surface area contributed by atoms with Gasteiger partial charge < -0.3 is 14.2 Å². The van der Waals surface area contributed by atoms with Crippen LogP contribution in [0.4, 0.5) is 0 Å². The second-order valence-electron chi connectivity index (χ2n) is 2.83. The molecule has 0 heterocycles.